The van der Waals surface area contributed by atoms with Gasteiger partial charge in [0.15, 0.2) is 5.78 Å². The number of hydrogen-bond donors (Lipinski definition) is 1. The lowest BCUT2D eigenvalue weighted by Crippen LogP contribution is -2.44. The van der Waals surface area contributed by atoms with Crippen LogP contribution >= 0.6 is 0 Å². The second-order valence-corrected chi connectivity index (χ2v) is 6.73. The third kappa shape index (κ3) is 3.73. The van der Waals surface area contributed by atoms with Crippen LogP contribution in [0.25, 0.3) is 0 Å². The van der Waals surface area contributed by atoms with E-state index in [9.17, 15) is 9.59 Å². The molecular formula is C21H24N2O2. The van der Waals surface area contributed by atoms with Crippen LogP contribution in [0.5, 0.6) is 0 Å². The highest BCUT2D eigenvalue weighted by molar-refractivity contribution is 5.98. The Labute approximate surface area is 148 Å². The van der Waals surface area contributed by atoms with Crippen molar-refractivity contribution in [2.45, 2.75) is 39.7 Å². The summed E-state index contributed by atoms with van der Waals surface area (Å²) < 4.78 is 0. The van der Waals surface area contributed by atoms with Crippen LogP contribution in [0.2, 0.25) is 0 Å². The topological polar surface area (TPSA) is 49.4 Å². The first-order chi connectivity index (χ1) is 12.0. The third-order valence-corrected chi connectivity index (χ3v) is 4.80. The highest BCUT2D eigenvalue weighted by Gasteiger charge is 2.26. The van der Waals surface area contributed by atoms with Gasteiger partial charge < -0.3 is 10.2 Å². The summed E-state index contributed by atoms with van der Waals surface area (Å²) in [5.74, 6) is -0.0181. The average molecular weight is 336 g/mol. The number of nitrogens with one attached hydrogen (secondary N) is 1. The molecule has 1 aliphatic heterocycles. The van der Waals surface area contributed by atoms with E-state index in [1.165, 1.54) is 18.1 Å². The van der Waals surface area contributed by atoms with Gasteiger partial charge in [0.2, 0.25) is 5.91 Å². The molecule has 1 N–H and O–H groups in total. The van der Waals surface area contributed by atoms with E-state index in [-0.39, 0.29) is 17.7 Å². The smallest absolute Gasteiger partial charge is 0.246 e. The molecule has 0 aliphatic carbocycles. The first kappa shape index (κ1) is 17.2. The fourth-order valence-corrected chi connectivity index (χ4v) is 3.33. The minimum absolute atomic E-state index is 0.0199. The van der Waals surface area contributed by atoms with Crippen molar-refractivity contribution in [3.8, 4) is 0 Å². The average Bonchev–Trinajstić information content (AvgIpc) is 2.60. The lowest BCUT2D eigenvalue weighted by atomic mass is 9.98. The summed E-state index contributed by atoms with van der Waals surface area (Å²) >= 11 is 0. The quantitative estimate of drug-likeness (QED) is 0.859. The molecule has 1 atom stereocenters. The van der Waals surface area contributed by atoms with Crippen molar-refractivity contribution in [3.05, 3.63) is 59.2 Å². The first-order valence-corrected chi connectivity index (χ1v) is 8.74. The summed E-state index contributed by atoms with van der Waals surface area (Å²) in [7, 11) is 0. The molecule has 0 unspecified atom stereocenters. The van der Waals surface area contributed by atoms with E-state index in [1.807, 2.05) is 6.92 Å². The number of benzene rings is 2. The van der Waals surface area contributed by atoms with Gasteiger partial charge in [-0.25, -0.2) is 0 Å². The zero-order valence-corrected chi connectivity index (χ0v) is 15.0. The number of carbonyl (C=O) groups is 2. The SMILES string of the molecule is CC(=O)c1ccc(NC(=O)[C@H](C)N2CCCc3cc(C)ccc32)cc1. The van der Waals surface area contributed by atoms with Crippen LogP contribution in [0.3, 0.4) is 0 Å². The lowest BCUT2D eigenvalue weighted by molar-refractivity contribution is -0.117. The van der Waals surface area contributed by atoms with Crippen molar-refractivity contribution < 1.29 is 9.59 Å². The van der Waals surface area contributed by atoms with Crippen molar-refractivity contribution in [3.63, 3.8) is 0 Å². The molecule has 0 bridgehead atoms. The maximum absolute atomic E-state index is 12.7. The monoisotopic (exact) mass is 336 g/mol. The number of nitrogens with zero attached hydrogens (tertiary/aromatic N) is 1. The van der Waals surface area contributed by atoms with Gasteiger partial charge >= 0.3 is 0 Å². The van der Waals surface area contributed by atoms with Crippen LogP contribution in [0.1, 0.15) is 41.8 Å². The molecule has 2 aromatic rings. The number of aryl methyl sites for hydroxylation is 2. The molecule has 0 fully saturated rings. The Hall–Kier alpha value is -2.62. The van der Waals surface area contributed by atoms with Gasteiger partial charge in [-0.1, -0.05) is 17.7 Å². The fourth-order valence-electron chi connectivity index (χ4n) is 3.33. The maximum atomic E-state index is 12.7. The van der Waals surface area contributed by atoms with Crippen molar-refractivity contribution >= 4 is 23.1 Å². The number of hydrogen-bond acceptors (Lipinski definition) is 3. The molecule has 1 aliphatic rings. The van der Waals surface area contributed by atoms with Gasteiger partial charge in [0, 0.05) is 23.5 Å². The number of ketones is 1. The second kappa shape index (κ2) is 7.09. The molecule has 0 spiro atoms. The van der Waals surface area contributed by atoms with E-state index in [2.05, 4.69) is 35.3 Å². The predicted molar refractivity (Wildman–Crippen MR) is 101 cm³/mol. The molecule has 25 heavy (non-hydrogen) atoms. The molecule has 0 saturated carbocycles. The van der Waals surface area contributed by atoms with Crippen LogP contribution < -0.4 is 10.2 Å². The molecule has 0 aromatic heterocycles. The largest absolute Gasteiger partial charge is 0.360 e. The van der Waals surface area contributed by atoms with Gasteiger partial charge in [-0.05, 0) is 69.5 Å². The van der Waals surface area contributed by atoms with E-state index in [1.54, 1.807) is 24.3 Å². The van der Waals surface area contributed by atoms with E-state index < -0.39 is 0 Å². The van der Waals surface area contributed by atoms with Gasteiger partial charge in [0.25, 0.3) is 0 Å². The second-order valence-electron chi connectivity index (χ2n) is 6.73. The summed E-state index contributed by atoms with van der Waals surface area (Å²) in [5, 5.41) is 2.96. The maximum Gasteiger partial charge on any atom is 0.246 e. The van der Waals surface area contributed by atoms with Gasteiger partial charge in [0.05, 0.1) is 0 Å². The van der Waals surface area contributed by atoms with Crippen molar-refractivity contribution in [1.82, 2.24) is 0 Å². The Balaban J connectivity index is 1.74. The Morgan fingerprint density at radius 3 is 2.52 bits per heavy atom. The van der Waals surface area contributed by atoms with Gasteiger partial charge in [-0.2, -0.15) is 0 Å². The minimum atomic E-state index is -0.255. The summed E-state index contributed by atoms with van der Waals surface area (Å²) in [6.45, 7) is 6.45. The number of rotatable bonds is 4. The fraction of sp³-hybridized carbons (Fsp3) is 0.333. The number of carbonyl (C=O) groups excluding carboxylic acids is 2. The normalized spacial score (nSPS) is 14.6. The lowest BCUT2D eigenvalue weighted by Gasteiger charge is -2.35. The van der Waals surface area contributed by atoms with E-state index in [0.717, 1.165) is 25.1 Å². The van der Waals surface area contributed by atoms with Gasteiger partial charge in [0.1, 0.15) is 6.04 Å². The number of Topliss-reactive ketones (excluding diaryl/α,β-unsaturated/α-hetero) is 1. The molecule has 3 rings (SSSR count). The minimum Gasteiger partial charge on any atom is -0.360 e. The molecule has 4 nitrogen and oxygen atoms in total. The first-order valence-electron chi connectivity index (χ1n) is 8.74. The van der Waals surface area contributed by atoms with Crippen LogP contribution in [0.15, 0.2) is 42.5 Å². The number of fused-ring (bicyclic) bond motifs is 1. The Bertz CT molecular complexity index is 796. The Morgan fingerprint density at radius 2 is 1.84 bits per heavy atom. The molecule has 1 heterocycles. The van der Waals surface area contributed by atoms with E-state index in [4.69, 9.17) is 0 Å². The zero-order valence-electron chi connectivity index (χ0n) is 15.0. The summed E-state index contributed by atoms with van der Waals surface area (Å²) in [4.78, 5) is 26.2. The summed E-state index contributed by atoms with van der Waals surface area (Å²) in [5.41, 5.74) is 5.08. The molecule has 1 amide bonds. The molecular weight excluding hydrogens is 312 g/mol. The zero-order chi connectivity index (χ0) is 18.0. The number of amides is 1. The Morgan fingerprint density at radius 1 is 1.12 bits per heavy atom. The molecule has 2 aromatic carbocycles. The number of anilines is 2. The van der Waals surface area contributed by atoms with Gasteiger partial charge in [-0.3, -0.25) is 9.59 Å². The van der Waals surface area contributed by atoms with Crippen LogP contribution in [0, 0.1) is 6.92 Å². The van der Waals surface area contributed by atoms with Crippen LogP contribution in [-0.2, 0) is 11.2 Å². The van der Waals surface area contributed by atoms with E-state index >= 15 is 0 Å². The highest BCUT2D eigenvalue weighted by atomic mass is 16.2. The highest BCUT2D eigenvalue weighted by Crippen LogP contribution is 2.29. The van der Waals surface area contributed by atoms with Crippen molar-refractivity contribution in [1.29, 1.82) is 0 Å². The molecule has 4 heteroatoms. The molecule has 0 radical (unpaired) electrons. The van der Waals surface area contributed by atoms with E-state index in [0.29, 0.717) is 11.3 Å². The van der Waals surface area contributed by atoms with Crippen LogP contribution in [0.4, 0.5) is 11.4 Å². The predicted octanol–water partition coefficient (Wildman–Crippen LogP) is 3.98. The third-order valence-electron chi connectivity index (χ3n) is 4.80. The van der Waals surface area contributed by atoms with Crippen LogP contribution in [-0.4, -0.2) is 24.3 Å². The molecule has 0 saturated heterocycles. The van der Waals surface area contributed by atoms with Crippen molar-refractivity contribution in [2.75, 3.05) is 16.8 Å². The Kier molecular flexibility index (Phi) is 4.88. The molecule has 130 valence electrons. The van der Waals surface area contributed by atoms with Gasteiger partial charge in [-0.15, -0.1) is 0 Å². The van der Waals surface area contributed by atoms with Crippen molar-refractivity contribution in [2.24, 2.45) is 0 Å². The summed E-state index contributed by atoms with van der Waals surface area (Å²) in [6, 6.07) is 13.2. The summed E-state index contributed by atoms with van der Waals surface area (Å²) in [6.07, 6.45) is 2.12. The standard InChI is InChI=1S/C21H24N2O2/c1-14-6-11-20-18(13-14)5-4-12-23(20)15(2)21(25)22-19-9-7-17(8-10-19)16(3)24/h6-11,13,15H,4-5,12H2,1-3H3,(H,22,25)/t15-/m0/s1.